The van der Waals surface area contributed by atoms with Crippen LogP contribution in [0.5, 0.6) is 5.75 Å². The van der Waals surface area contributed by atoms with Gasteiger partial charge in [0.05, 0.1) is 17.9 Å². The Kier molecular flexibility index (Phi) is 4.98. The molecule has 0 saturated carbocycles. The van der Waals surface area contributed by atoms with Crippen LogP contribution in [0.15, 0.2) is 48.5 Å². The van der Waals surface area contributed by atoms with Gasteiger partial charge in [0, 0.05) is 11.1 Å². The summed E-state index contributed by atoms with van der Waals surface area (Å²) in [5.41, 5.74) is 1.51. The van der Waals surface area contributed by atoms with E-state index in [0.29, 0.717) is 11.3 Å². The lowest BCUT2D eigenvalue weighted by molar-refractivity contribution is 0.0981. The number of ether oxygens (including phenoxy) is 1. The fourth-order valence-corrected chi connectivity index (χ4v) is 2.30. The third kappa shape index (κ3) is 4.83. The monoisotopic (exact) mass is 330 g/mol. The Morgan fingerprint density at radius 1 is 1.17 bits per heavy atom. The Morgan fingerprint density at radius 3 is 2.43 bits per heavy atom. The molecule has 0 bridgehead atoms. The highest BCUT2D eigenvalue weighted by atomic mass is 32.2. The van der Waals surface area contributed by atoms with E-state index in [1.165, 1.54) is 12.1 Å². The Morgan fingerprint density at radius 2 is 1.83 bits per heavy atom. The summed E-state index contributed by atoms with van der Waals surface area (Å²) in [6.07, 6.45) is 0.912. The third-order valence-electron chi connectivity index (χ3n) is 2.93. The molecule has 0 fully saturated rings. The van der Waals surface area contributed by atoms with Gasteiger partial charge >= 0.3 is 0 Å². The minimum absolute atomic E-state index is 0.209. The van der Waals surface area contributed by atoms with Crippen LogP contribution in [0.1, 0.15) is 21.5 Å². The first kappa shape index (κ1) is 16.5. The predicted octanol–water partition coefficient (Wildman–Crippen LogP) is 1.83. The van der Waals surface area contributed by atoms with Gasteiger partial charge in [0.25, 0.3) is 5.91 Å². The molecule has 0 atom stereocenters. The number of sulfonamides is 1. The summed E-state index contributed by atoms with van der Waals surface area (Å²) in [6, 6.07) is 15.2. The van der Waals surface area contributed by atoms with Crippen molar-refractivity contribution in [1.29, 1.82) is 5.26 Å². The summed E-state index contributed by atoms with van der Waals surface area (Å²) in [4.78, 5) is 11.7. The Labute approximate surface area is 134 Å². The van der Waals surface area contributed by atoms with Crippen molar-refractivity contribution in [3.63, 3.8) is 0 Å². The maximum absolute atomic E-state index is 11.7. The zero-order valence-corrected chi connectivity index (χ0v) is 13.1. The average molecular weight is 330 g/mol. The molecule has 2 aromatic carbocycles. The number of hydrogen-bond donors (Lipinski definition) is 1. The van der Waals surface area contributed by atoms with E-state index in [-0.39, 0.29) is 12.2 Å². The van der Waals surface area contributed by atoms with Gasteiger partial charge in [-0.1, -0.05) is 18.2 Å². The van der Waals surface area contributed by atoms with E-state index < -0.39 is 15.9 Å². The summed E-state index contributed by atoms with van der Waals surface area (Å²) >= 11 is 0. The lowest BCUT2D eigenvalue weighted by Gasteiger charge is -2.08. The van der Waals surface area contributed by atoms with E-state index in [4.69, 9.17) is 10.00 Å². The van der Waals surface area contributed by atoms with Crippen LogP contribution >= 0.6 is 0 Å². The molecule has 0 unspecified atom stereocenters. The predicted molar refractivity (Wildman–Crippen MR) is 84.2 cm³/mol. The van der Waals surface area contributed by atoms with Crippen LogP contribution in [0.3, 0.4) is 0 Å². The molecule has 0 aromatic heterocycles. The molecule has 2 rings (SSSR count). The summed E-state index contributed by atoms with van der Waals surface area (Å²) in [5.74, 6) is -0.192. The van der Waals surface area contributed by atoms with E-state index in [1.807, 2.05) is 10.8 Å². The molecular formula is C16H14N2O4S. The molecular weight excluding hydrogens is 316 g/mol. The van der Waals surface area contributed by atoms with Gasteiger partial charge in [0.2, 0.25) is 10.0 Å². The Hall–Kier alpha value is -2.85. The molecule has 0 heterocycles. The van der Waals surface area contributed by atoms with Crippen molar-refractivity contribution < 1.29 is 17.9 Å². The number of hydrogen-bond acceptors (Lipinski definition) is 5. The molecule has 7 heteroatoms. The lowest BCUT2D eigenvalue weighted by Crippen LogP contribution is -2.29. The molecule has 0 aliphatic carbocycles. The van der Waals surface area contributed by atoms with Gasteiger partial charge in [-0.2, -0.15) is 5.26 Å². The quantitative estimate of drug-likeness (QED) is 0.902. The maximum Gasteiger partial charge on any atom is 0.264 e. The molecule has 118 valence electrons. The van der Waals surface area contributed by atoms with Crippen LogP contribution in [-0.4, -0.2) is 20.6 Å². The van der Waals surface area contributed by atoms with Gasteiger partial charge in [0.1, 0.15) is 12.4 Å². The van der Waals surface area contributed by atoms with E-state index in [0.717, 1.165) is 11.8 Å². The first-order valence-electron chi connectivity index (χ1n) is 6.62. The molecule has 0 radical (unpaired) electrons. The normalized spacial score (nSPS) is 10.6. The van der Waals surface area contributed by atoms with Gasteiger partial charge in [-0.3, -0.25) is 4.79 Å². The van der Waals surface area contributed by atoms with Gasteiger partial charge in [-0.15, -0.1) is 0 Å². The van der Waals surface area contributed by atoms with Crippen molar-refractivity contribution in [1.82, 2.24) is 4.72 Å². The van der Waals surface area contributed by atoms with Gasteiger partial charge in [-0.05, 0) is 30.3 Å². The van der Waals surface area contributed by atoms with Crippen LogP contribution in [0, 0.1) is 11.3 Å². The number of benzene rings is 2. The molecule has 0 aliphatic rings. The van der Waals surface area contributed by atoms with Crippen molar-refractivity contribution in [2.75, 3.05) is 6.26 Å². The standard InChI is InChI=1S/C16H14N2O4S/c1-23(20,21)18-16(19)12-6-8-15(9-7-12)22-11-14-5-3-2-4-13(14)10-17/h2-9H,11H2,1H3,(H,18,19). The first-order chi connectivity index (χ1) is 10.9. The number of amides is 1. The smallest absolute Gasteiger partial charge is 0.264 e. The number of nitrogens with one attached hydrogen (secondary N) is 1. The molecule has 0 spiro atoms. The molecule has 1 N–H and O–H groups in total. The topological polar surface area (TPSA) is 96.3 Å². The second-order valence-electron chi connectivity index (χ2n) is 4.79. The van der Waals surface area contributed by atoms with Crippen LogP contribution in [0.25, 0.3) is 0 Å². The number of nitriles is 1. The zero-order valence-electron chi connectivity index (χ0n) is 12.3. The average Bonchev–Trinajstić information content (AvgIpc) is 2.52. The number of carbonyl (C=O) groups is 1. The van der Waals surface area contributed by atoms with Crippen molar-refractivity contribution in [3.8, 4) is 11.8 Å². The lowest BCUT2D eigenvalue weighted by atomic mass is 10.1. The van der Waals surface area contributed by atoms with Crippen molar-refractivity contribution in [2.24, 2.45) is 0 Å². The van der Waals surface area contributed by atoms with Crippen molar-refractivity contribution >= 4 is 15.9 Å². The van der Waals surface area contributed by atoms with Crippen LogP contribution in [-0.2, 0) is 16.6 Å². The van der Waals surface area contributed by atoms with E-state index in [2.05, 4.69) is 6.07 Å². The zero-order chi connectivity index (χ0) is 16.9. The fourth-order valence-electron chi connectivity index (χ4n) is 1.85. The first-order valence-corrected chi connectivity index (χ1v) is 8.51. The van der Waals surface area contributed by atoms with Crippen LogP contribution in [0.4, 0.5) is 0 Å². The number of rotatable bonds is 5. The highest BCUT2D eigenvalue weighted by molar-refractivity contribution is 7.89. The van der Waals surface area contributed by atoms with E-state index >= 15 is 0 Å². The Balaban J connectivity index is 2.03. The maximum atomic E-state index is 11.7. The molecule has 23 heavy (non-hydrogen) atoms. The SMILES string of the molecule is CS(=O)(=O)NC(=O)c1ccc(OCc2ccccc2C#N)cc1. The van der Waals surface area contributed by atoms with E-state index in [1.54, 1.807) is 30.3 Å². The second-order valence-corrected chi connectivity index (χ2v) is 6.53. The summed E-state index contributed by atoms with van der Waals surface area (Å²) < 4.78 is 29.5. The van der Waals surface area contributed by atoms with Crippen LogP contribution in [0.2, 0.25) is 0 Å². The van der Waals surface area contributed by atoms with Gasteiger partial charge in [-0.25, -0.2) is 13.1 Å². The minimum Gasteiger partial charge on any atom is -0.489 e. The van der Waals surface area contributed by atoms with Crippen molar-refractivity contribution in [3.05, 3.63) is 65.2 Å². The van der Waals surface area contributed by atoms with Gasteiger partial charge in [0.15, 0.2) is 0 Å². The minimum atomic E-state index is -3.60. The third-order valence-corrected chi connectivity index (χ3v) is 3.48. The summed E-state index contributed by atoms with van der Waals surface area (Å²) in [7, 11) is -3.60. The Bertz CT molecular complexity index is 852. The highest BCUT2D eigenvalue weighted by Gasteiger charge is 2.11. The van der Waals surface area contributed by atoms with Crippen LogP contribution < -0.4 is 9.46 Å². The molecule has 0 aliphatic heterocycles. The second kappa shape index (κ2) is 6.94. The molecule has 1 amide bonds. The fraction of sp³-hybridized carbons (Fsp3) is 0.125. The molecule has 6 nitrogen and oxygen atoms in total. The van der Waals surface area contributed by atoms with E-state index in [9.17, 15) is 13.2 Å². The van der Waals surface area contributed by atoms with Gasteiger partial charge < -0.3 is 4.74 Å². The number of carbonyl (C=O) groups excluding carboxylic acids is 1. The summed E-state index contributed by atoms with van der Waals surface area (Å²) in [5, 5.41) is 9.01. The van der Waals surface area contributed by atoms with Crippen molar-refractivity contribution in [2.45, 2.75) is 6.61 Å². The molecule has 2 aromatic rings. The molecule has 0 saturated heterocycles. The summed E-state index contributed by atoms with van der Waals surface area (Å²) in [6.45, 7) is 0.221. The highest BCUT2D eigenvalue weighted by Crippen LogP contribution is 2.16. The number of nitrogens with zero attached hydrogens (tertiary/aromatic N) is 1. The largest absolute Gasteiger partial charge is 0.489 e.